The van der Waals surface area contributed by atoms with Crippen molar-refractivity contribution in [2.24, 2.45) is 12.1 Å². The topological polar surface area (TPSA) is 111 Å². The average Bonchev–Trinajstić information content (AvgIpc) is 3.42. The molecule has 0 saturated carbocycles. The lowest BCUT2D eigenvalue weighted by Gasteiger charge is -2.22. The number of benzene rings is 3. The van der Waals surface area contributed by atoms with Crippen LogP contribution < -0.4 is 15.3 Å². The molecule has 0 saturated heterocycles. The first-order chi connectivity index (χ1) is 21.0. The number of rotatable bonds is 9. The van der Waals surface area contributed by atoms with Crippen molar-refractivity contribution in [3.05, 3.63) is 128 Å². The highest BCUT2D eigenvalue weighted by Gasteiger charge is 2.33. The normalized spacial score (nSPS) is 11.7. The van der Waals surface area contributed by atoms with E-state index in [1.54, 1.807) is 61.1 Å². The van der Waals surface area contributed by atoms with Crippen molar-refractivity contribution in [2.75, 3.05) is 10.8 Å². The Hall–Kier alpha value is -4.68. The number of hydrogen-bond donors (Lipinski definition) is 1. The van der Waals surface area contributed by atoms with Crippen LogP contribution in [0.15, 0.2) is 110 Å². The van der Waals surface area contributed by atoms with Crippen LogP contribution in [-0.2, 0) is 21.9 Å². The minimum Gasteiger partial charge on any atom is -0.318 e. The SMILES string of the molecule is Cc1cc(/C=N\NC(=O)CN(c2c(C)n(C)n(-c3ccccc3)c2=O)S(=O)(=O)c2ccccc2)c(C)n1-c1ccc(Br)cc1. The number of aromatic nitrogens is 3. The molecule has 0 aliphatic carbocycles. The molecule has 0 spiro atoms. The quantitative estimate of drug-likeness (QED) is 0.175. The van der Waals surface area contributed by atoms with E-state index in [0.717, 1.165) is 31.4 Å². The number of sulfonamides is 1. The van der Waals surface area contributed by atoms with Gasteiger partial charge in [0.25, 0.3) is 21.5 Å². The molecule has 226 valence electrons. The van der Waals surface area contributed by atoms with Gasteiger partial charge in [0.1, 0.15) is 12.2 Å². The number of carbonyl (C=O) groups excluding carboxylic acids is 1. The van der Waals surface area contributed by atoms with E-state index in [9.17, 15) is 18.0 Å². The Morgan fingerprint density at radius 3 is 2.16 bits per heavy atom. The third-order valence-corrected chi connectivity index (χ3v) is 9.63. The van der Waals surface area contributed by atoms with E-state index in [1.165, 1.54) is 23.0 Å². The predicted octanol–water partition coefficient (Wildman–Crippen LogP) is 5.00. The molecular formula is C32H31BrN6O4S. The maximum Gasteiger partial charge on any atom is 0.296 e. The lowest BCUT2D eigenvalue weighted by atomic mass is 10.2. The van der Waals surface area contributed by atoms with Crippen molar-refractivity contribution in [2.45, 2.75) is 25.7 Å². The zero-order valence-electron chi connectivity index (χ0n) is 24.6. The average molecular weight is 676 g/mol. The summed E-state index contributed by atoms with van der Waals surface area (Å²) in [5.41, 5.74) is 6.32. The number of para-hydroxylation sites is 1. The molecular weight excluding hydrogens is 644 g/mol. The standard InChI is InChI=1S/C32H31BrN6O4S/c1-22-19-25(23(2)38(22)27-17-15-26(33)16-18-27)20-34-35-30(40)21-37(44(42,43)29-13-9-6-10-14-29)31-24(3)36(4)39(32(31)41)28-11-7-5-8-12-28/h5-20H,21H2,1-4H3,(H,35,40)/b34-20-. The first-order valence-electron chi connectivity index (χ1n) is 13.7. The lowest BCUT2D eigenvalue weighted by Crippen LogP contribution is -2.42. The minimum atomic E-state index is -4.31. The fraction of sp³-hybridized carbons (Fsp3) is 0.156. The number of carbonyl (C=O) groups is 1. The summed E-state index contributed by atoms with van der Waals surface area (Å²) in [6.07, 6.45) is 1.52. The third-order valence-electron chi connectivity index (χ3n) is 7.34. The highest BCUT2D eigenvalue weighted by atomic mass is 79.9. The molecule has 12 heteroatoms. The molecule has 0 atom stereocenters. The number of nitrogens with one attached hydrogen (secondary N) is 1. The van der Waals surface area contributed by atoms with Crippen molar-refractivity contribution < 1.29 is 13.2 Å². The van der Waals surface area contributed by atoms with E-state index >= 15 is 0 Å². The Morgan fingerprint density at radius 2 is 1.52 bits per heavy atom. The van der Waals surface area contributed by atoms with E-state index in [2.05, 4.69) is 31.0 Å². The van der Waals surface area contributed by atoms with E-state index in [0.29, 0.717) is 11.4 Å². The number of anilines is 1. The van der Waals surface area contributed by atoms with E-state index < -0.39 is 28.0 Å². The van der Waals surface area contributed by atoms with Gasteiger partial charge in [0.15, 0.2) is 0 Å². The smallest absolute Gasteiger partial charge is 0.296 e. The highest BCUT2D eigenvalue weighted by molar-refractivity contribution is 9.10. The summed E-state index contributed by atoms with van der Waals surface area (Å²) in [4.78, 5) is 27.0. The molecule has 3 aromatic carbocycles. The van der Waals surface area contributed by atoms with Gasteiger partial charge in [-0.15, -0.1) is 0 Å². The Labute approximate surface area is 264 Å². The largest absolute Gasteiger partial charge is 0.318 e. The number of amides is 1. The van der Waals surface area contributed by atoms with Crippen molar-refractivity contribution in [3.63, 3.8) is 0 Å². The maximum absolute atomic E-state index is 13.9. The second-order valence-corrected chi connectivity index (χ2v) is 12.9. The summed E-state index contributed by atoms with van der Waals surface area (Å²) in [5, 5.41) is 4.13. The lowest BCUT2D eigenvalue weighted by molar-refractivity contribution is -0.119. The first-order valence-corrected chi connectivity index (χ1v) is 15.9. The molecule has 1 N–H and O–H groups in total. The molecule has 44 heavy (non-hydrogen) atoms. The number of halogens is 1. The van der Waals surface area contributed by atoms with E-state index in [4.69, 9.17) is 0 Å². The van der Waals surface area contributed by atoms with Crippen LogP contribution in [0.1, 0.15) is 22.6 Å². The minimum absolute atomic E-state index is 0.0504. The molecule has 1 amide bonds. The van der Waals surface area contributed by atoms with E-state index in [1.807, 2.05) is 50.2 Å². The molecule has 5 rings (SSSR count). The fourth-order valence-corrected chi connectivity index (χ4v) is 6.85. The molecule has 0 aliphatic rings. The highest BCUT2D eigenvalue weighted by Crippen LogP contribution is 2.26. The first kappa shape index (κ1) is 30.8. The van der Waals surface area contributed by atoms with Gasteiger partial charge in [0.2, 0.25) is 0 Å². The summed E-state index contributed by atoms with van der Waals surface area (Å²) in [6.45, 7) is 4.90. The number of nitrogens with zero attached hydrogens (tertiary/aromatic N) is 5. The van der Waals surface area contributed by atoms with Gasteiger partial charge in [-0.25, -0.2) is 22.8 Å². The van der Waals surface area contributed by atoms with Crippen LogP contribution in [0.2, 0.25) is 0 Å². The Balaban J connectivity index is 1.46. The molecule has 2 aromatic heterocycles. The summed E-state index contributed by atoms with van der Waals surface area (Å²) in [7, 11) is -2.65. The van der Waals surface area contributed by atoms with Crippen LogP contribution in [0.5, 0.6) is 0 Å². The van der Waals surface area contributed by atoms with Crippen LogP contribution in [0.3, 0.4) is 0 Å². The molecule has 2 heterocycles. The van der Waals surface area contributed by atoms with Gasteiger partial charge in [0, 0.05) is 34.2 Å². The molecule has 0 aliphatic heterocycles. The number of hydrazone groups is 1. The zero-order valence-corrected chi connectivity index (χ0v) is 27.0. The number of aryl methyl sites for hydroxylation is 1. The summed E-state index contributed by atoms with van der Waals surface area (Å²) >= 11 is 3.46. The summed E-state index contributed by atoms with van der Waals surface area (Å²) in [6, 6.07) is 26.4. The Bertz CT molecular complexity index is 2010. The van der Waals surface area contributed by atoms with Gasteiger partial charge >= 0.3 is 0 Å². The predicted molar refractivity (Wildman–Crippen MR) is 175 cm³/mol. The van der Waals surface area contributed by atoms with Gasteiger partial charge in [-0.05, 0) is 75.4 Å². The van der Waals surface area contributed by atoms with Crippen molar-refractivity contribution in [3.8, 4) is 11.4 Å². The van der Waals surface area contributed by atoms with Crippen molar-refractivity contribution in [1.82, 2.24) is 19.4 Å². The van der Waals surface area contributed by atoms with Crippen molar-refractivity contribution >= 4 is 43.8 Å². The zero-order chi connectivity index (χ0) is 31.6. The van der Waals surface area contributed by atoms with Crippen LogP contribution in [0.25, 0.3) is 11.4 Å². The van der Waals surface area contributed by atoms with Gasteiger partial charge in [0.05, 0.1) is 22.5 Å². The summed E-state index contributed by atoms with van der Waals surface area (Å²) in [5.74, 6) is -0.712. The summed E-state index contributed by atoms with van der Waals surface area (Å²) < 4.78 is 34.7. The molecule has 10 nitrogen and oxygen atoms in total. The molecule has 0 radical (unpaired) electrons. The third kappa shape index (κ3) is 5.90. The van der Waals surface area contributed by atoms with Crippen LogP contribution >= 0.6 is 15.9 Å². The number of hydrogen-bond acceptors (Lipinski definition) is 5. The molecule has 0 fully saturated rings. The van der Waals surface area contributed by atoms with Crippen LogP contribution in [0, 0.1) is 20.8 Å². The van der Waals surface area contributed by atoms with Gasteiger partial charge in [-0.3, -0.25) is 14.3 Å². The maximum atomic E-state index is 13.9. The van der Waals surface area contributed by atoms with Crippen LogP contribution in [0.4, 0.5) is 5.69 Å². The van der Waals surface area contributed by atoms with E-state index in [-0.39, 0.29) is 10.6 Å². The molecule has 0 unspecified atom stereocenters. The van der Waals surface area contributed by atoms with Crippen molar-refractivity contribution in [1.29, 1.82) is 0 Å². The molecule has 5 aromatic rings. The van der Waals surface area contributed by atoms with Gasteiger partial charge < -0.3 is 4.57 Å². The van der Waals surface area contributed by atoms with Gasteiger partial charge in [-0.2, -0.15) is 5.10 Å². The second kappa shape index (κ2) is 12.5. The van der Waals surface area contributed by atoms with Gasteiger partial charge in [-0.1, -0.05) is 52.3 Å². The molecule has 0 bridgehead atoms. The van der Waals surface area contributed by atoms with Crippen LogP contribution in [-0.4, -0.2) is 41.0 Å². The Morgan fingerprint density at radius 1 is 0.909 bits per heavy atom. The monoisotopic (exact) mass is 674 g/mol. The second-order valence-electron chi connectivity index (χ2n) is 10.2. The Kier molecular flexibility index (Phi) is 8.75. The fourth-order valence-electron chi connectivity index (χ4n) is 5.09.